The van der Waals surface area contributed by atoms with Crippen LogP contribution in [0.4, 0.5) is 10.1 Å². The summed E-state index contributed by atoms with van der Waals surface area (Å²) in [5.74, 6) is -0.0167. The van der Waals surface area contributed by atoms with Crippen LogP contribution in [0, 0.1) is 5.82 Å². The highest BCUT2D eigenvalue weighted by Crippen LogP contribution is 2.37. The molecule has 1 unspecified atom stereocenters. The Morgan fingerprint density at radius 1 is 1.30 bits per heavy atom. The molecule has 0 radical (unpaired) electrons. The van der Waals surface area contributed by atoms with E-state index < -0.39 is 0 Å². The average molecular weight is 271 g/mol. The second kappa shape index (κ2) is 5.16. The van der Waals surface area contributed by atoms with Crippen LogP contribution in [0.25, 0.3) is 0 Å². The number of para-hydroxylation sites is 1. The minimum Gasteiger partial charge on any atom is -0.494 e. The Morgan fingerprint density at radius 3 is 2.85 bits per heavy atom. The number of anilines is 1. The first-order chi connectivity index (χ1) is 9.72. The molecule has 2 nitrogen and oxygen atoms in total. The molecule has 20 heavy (non-hydrogen) atoms. The molecular weight excluding hydrogens is 253 g/mol. The summed E-state index contributed by atoms with van der Waals surface area (Å²) in [6.45, 7) is 2.15. The summed E-state index contributed by atoms with van der Waals surface area (Å²) in [7, 11) is 1.48. The van der Waals surface area contributed by atoms with Crippen molar-refractivity contribution in [3.63, 3.8) is 0 Å². The lowest BCUT2D eigenvalue weighted by atomic mass is 10.0. The molecule has 104 valence electrons. The third-order valence-electron chi connectivity index (χ3n) is 3.94. The maximum atomic E-state index is 13.8. The third-order valence-corrected chi connectivity index (χ3v) is 3.94. The Bertz CT molecular complexity index is 639. The highest BCUT2D eigenvalue weighted by molar-refractivity contribution is 5.63. The van der Waals surface area contributed by atoms with Crippen molar-refractivity contribution in [3.05, 3.63) is 58.9 Å². The van der Waals surface area contributed by atoms with Gasteiger partial charge < -0.3 is 10.1 Å². The van der Waals surface area contributed by atoms with Gasteiger partial charge in [0.25, 0.3) is 0 Å². The largest absolute Gasteiger partial charge is 0.494 e. The van der Waals surface area contributed by atoms with Gasteiger partial charge in [-0.25, -0.2) is 4.39 Å². The van der Waals surface area contributed by atoms with E-state index in [2.05, 4.69) is 30.4 Å². The average Bonchev–Trinajstić information content (AvgIpc) is 2.91. The fraction of sp³-hybridized carbons (Fsp3) is 0.294. The van der Waals surface area contributed by atoms with Gasteiger partial charge >= 0.3 is 0 Å². The molecule has 0 aliphatic carbocycles. The molecule has 1 aliphatic rings. The first-order valence-electron chi connectivity index (χ1n) is 6.93. The Labute approximate surface area is 118 Å². The number of rotatable bonds is 3. The first-order valence-corrected chi connectivity index (χ1v) is 6.93. The lowest BCUT2D eigenvalue weighted by molar-refractivity contribution is 0.386. The van der Waals surface area contributed by atoms with E-state index in [4.69, 9.17) is 4.74 Å². The van der Waals surface area contributed by atoms with E-state index in [0.717, 1.165) is 18.4 Å². The second-order valence-electron chi connectivity index (χ2n) is 5.10. The highest BCUT2D eigenvalue weighted by Gasteiger charge is 2.24. The van der Waals surface area contributed by atoms with Crippen molar-refractivity contribution in [2.75, 3.05) is 12.4 Å². The smallest absolute Gasteiger partial charge is 0.165 e. The Balaban J connectivity index is 1.90. The predicted octanol–water partition coefficient (Wildman–Crippen LogP) is 4.11. The van der Waals surface area contributed by atoms with Crippen molar-refractivity contribution in [2.24, 2.45) is 0 Å². The zero-order chi connectivity index (χ0) is 14.1. The molecule has 0 bridgehead atoms. The van der Waals surface area contributed by atoms with Crippen LogP contribution in [0.15, 0.2) is 36.4 Å². The maximum absolute atomic E-state index is 13.8. The summed E-state index contributed by atoms with van der Waals surface area (Å²) < 4.78 is 18.8. The zero-order valence-corrected chi connectivity index (χ0v) is 11.7. The Hall–Kier alpha value is -2.03. The Morgan fingerprint density at radius 2 is 2.15 bits per heavy atom. The number of hydrogen-bond acceptors (Lipinski definition) is 2. The van der Waals surface area contributed by atoms with Gasteiger partial charge in [-0.05, 0) is 41.7 Å². The maximum Gasteiger partial charge on any atom is 0.165 e. The summed E-state index contributed by atoms with van der Waals surface area (Å²) in [5.41, 5.74) is 4.81. The molecule has 3 rings (SSSR count). The van der Waals surface area contributed by atoms with Crippen molar-refractivity contribution < 1.29 is 9.13 Å². The molecule has 1 heterocycles. The van der Waals surface area contributed by atoms with Crippen molar-refractivity contribution in [1.29, 1.82) is 0 Å². The molecule has 0 saturated carbocycles. The summed E-state index contributed by atoms with van der Waals surface area (Å²) in [4.78, 5) is 0. The molecule has 0 amide bonds. The molecule has 1 N–H and O–H groups in total. The molecule has 2 aromatic rings. The lowest BCUT2D eigenvalue weighted by Crippen LogP contribution is -2.07. The van der Waals surface area contributed by atoms with Crippen LogP contribution in [0.3, 0.4) is 0 Å². The number of benzene rings is 2. The number of fused-ring (bicyclic) bond motifs is 1. The van der Waals surface area contributed by atoms with Crippen molar-refractivity contribution in [1.82, 2.24) is 0 Å². The molecule has 0 saturated heterocycles. The number of hydrogen-bond donors (Lipinski definition) is 1. The van der Waals surface area contributed by atoms with Gasteiger partial charge in [0, 0.05) is 5.69 Å². The highest BCUT2D eigenvalue weighted by atomic mass is 19.1. The predicted molar refractivity (Wildman–Crippen MR) is 78.8 cm³/mol. The van der Waals surface area contributed by atoms with E-state index in [1.807, 2.05) is 6.07 Å². The van der Waals surface area contributed by atoms with Gasteiger partial charge in [0.2, 0.25) is 0 Å². The van der Waals surface area contributed by atoms with Gasteiger partial charge in [-0.3, -0.25) is 0 Å². The number of nitrogens with one attached hydrogen (secondary N) is 1. The van der Waals surface area contributed by atoms with E-state index in [1.54, 1.807) is 12.1 Å². The SMILES string of the molecule is CCc1cccc2c1NC(c1ccc(OC)c(F)c1)C2. The van der Waals surface area contributed by atoms with Crippen LogP contribution in [-0.4, -0.2) is 7.11 Å². The van der Waals surface area contributed by atoms with Gasteiger partial charge in [0.15, 0.2) is 11.6 Å². The molecule has 1 atom stereocenters. The molecule has 3 heteroatoms. The topological polar surface area (TPSA) is 21.3 Å². The summed E-state index contributed by atoms with van der Waals surface area (Å²) in [6.07, 6.45) is 1.90. The van der Waals surface area contributed by atoms with Gasteiger partial charge in [-0.1, -0.05) is 31.2 Å². The van der Waals surface area contributed by atoms with Gasteiger partial charge in [-0.2, -0.15) is 0 Å². The van der Waals surface area contributed by atoms with E-state index in [9.17, 15) is 4.39 Å². The fourth-order valence-corrected chi connectivity index (χ4v) is 2.85. The minimum absolute atomic E-state index is 0.137. The van der Waals surface area contributed by atoms with E-state index in [0.29, 0.717) is 5.75 Å². The molecular formula is C17H18FNO. The van der Waals surface area contributed by atoms with Crippen molar-refractivity contribution >= 4 is 5.69 Å². The minimum atomic E-state index is -0.307. The second-order valence-corrected chi connectivity index (χ2v) is 5.10. The number of aryl methyl sites for hydroxylation is 1. The summed E-state index contributed by atoms with van der Waals surface area (Å²) >= 11 is 0. The van der Waals surface area contributed by atoms with Crippen LogP contribution in [0.1, 0.15) is 29.7 Å². The van der Waals surface area contributed by atoms with Gasteiger partial charge in [0.05, 0.1) is 13.2 Å². The molecule has 2 aromatic carbocycles. The molecule has 0 spiro atoms. The van der Waals surface area contributed by atoms with Crippen LogP contribution in [-0.2, 0) is 12.8 Å². The molecule has 0 aromatic heterocycles. The lowest BCUT2D eigenvalue weighted by Gasteiger charge is -2.14. The Kier molecular flexibility index (Phi) is 3.35. The van der Waals surface area contributed by atoms with Gasteiger partial charge in [-0.15, -0.1) is 0 Å². The van der Waals surface area contributed by atoms with Crippen molar-refractivity contribution in [2.45, 2.75) is 25.8 Å². The van der Waals surface area contributed by atoms with Crippen LogP contribution in [0.5, 0.6) is 5.75 Å². The normalized spacial score (nSPS) is 16.6. The van der Waals surface area contributed by atoms with Crippen molar-refractivity contribution in [3.8, 4) is 5.75 Å². The standard InChI is InChI=1S/C17H18FNO/c1-3-11-5-4-6-13-10-15(19-17(11)13)12-7-8-16(20-2)14(18)9-12/h4-9,15,19H,3,10H2,1-2H3. The number of ether oxygens (including phenoxy) is 1. The monoisotopic (exact) mass is 271 g/mol. The first kappa shape index (κ1) is 13.0. The van der Waals surface area contributed by atoms with Crippen LogP contribution < -0.4 is 10.1 Å². The zero-order valence-electron chi connectivity index (χ0n) is 11.7. The third kappa shape index (κ3) is 2.13. The molecule has 1 aliphatic heterocycles. The summed E-state index contributed by atoms with van der Waals surface area (Å²) in [6, 6.07) is 11.7. The van der Waals surface area contributed by atoms with E-state index >= 15 is 0 Å². The van der Waals surface area contributed by atoms with Gasteiger partial charge in [0.1, 0.15) is 0 Å². The summed E-state index contributed by atoms with van der Waals surface area (Å²) in [5, 5.41) is 3.53. The number of methoxy groups -OCH3 is 1. The molecule has 0 fully saturated rings. The van der Waals surface area contributed by atoms with E-state index in [-0.39, 0.29) is 11.9 Å². The number of halogens is 1. The van der Waals surface area contributed by atoms with Crippen LogP contribution >= 0.6 is 0 Å². The fourth-order valence-electron chi connectivity index (χ4n) is 2.85. The van der Waals surface area contributed by atoms with E-state index in [1.165, 1.54) is 23.9 Å². The quantitative estimate of drug-likeness (QED) is 0.907. The van der Waals surface area contributed by atoms with Crippen LogP contribution in [0.2, 0.25) is 0 Å².